The lowest BCUT2D eigenvalue weighted by Crippen LogP contribution is -2.33. The molecule has 7 heteroatoms. The zero-order valence-corrected chi connectivity index (χ0v) is 12.0. The van der Waals surface area contributed by atoms with Crippen molar-refractivity contribution in [2.75, 3.05) is 43.9 Å². The van der Waals surface area contributed by atoms with Crippen LogP contribution in [0.3, 0.4) is 0 Å². The molecule has 1 fully saturated rings. The Balaban J connectivity index is 2.07. The molecule has 1 aliphatic heterocycles. The van der Waals surface area contributed by atoms with Crippen LogP contribution in [-0.2, 0) is 4.74 Å². The Kier molecular flexibility index (Phi) is 4.98. The Labute approximate surface area is 116 Å². The molecular formula is C12H20N4O2S. The molecule has 6 nitrogen and oxygen atoms in total. The van der Waals surface area contributed by atoms with E-state index in [1.54, 1.807) is 4.90 Å². The van der Waals surface area contributed by atoms with Crippen LogP contribution >= 0.6 is 11.3 Å². The highest BCUT2D eigenvalue weighted by Gasteiger charge is 2.22. The molecule has 0 bridgehead atoms. The van der Waals surface area contributed by atoms with Gasteiger partial charge in [-0.05, 0) is 12.8 Å². The molecule has 0 unspecified atom stereocenters. The Morgan fingerprint density at radius 1 is 1.53 bits per heavy atom. The number of aromatic nitrogens is 1. The van der Waals surface area contributed by atoms with Crippen LogP contribution in [0.4, 0.5) is 10.9 Å². The van der Waals surface area contributed by atoms with E-state index in [0.717, 1.165) is 19.4 Å². The fourth-order valence-electron chi connectivity index (χ4n) is 1.89. The number of ether oxygens (including phenoxy) is 1. The average molecular weight is 284 g/mol. The monoisotopic (exact) mass is 284 g/mol. The Bertz CT molecular complexity index is 427. The summed E-state index contributed by atoms with van der Waals surface area (Å²) < 4.78 is 5.35. The predicted molar refractivity (Wildman–Crippen MR) is 76.6 cm³/mol. The van der Waals surface area contributed by atoms with E-state index in [9.17, 15) is 4.79 Å². The summed E-state index contributed by atoms with van der Waals surface area (Å²) in [5.41, 5.74) is 5.84. The summed E-state index contributed by atoms with van der Waals surface area (Å²) in [4.78, 5) is 18.9. The van der Waals surface area contributed by atoms with Gasteiger partial charge in [-0.2, -0.15) is 0 Å². The van der Waals surface area contributed by atoms with Gasteiger partial charge < -0.3 is 20.7 Å². The van der Waals surface area contributed by atoms with Crippen LogP contribution in [0.5, 0.6) is 0 Å². The summed E-state index contributed by atoms with van der Waals surface area (Å²) in [6.45, 7) is 5.55. The largest absolute Gasteiger partial charge is 0.382 e. The number of nitrogen functional groups attached to an aromatic ring is 1. The third kappa shape index (κ3) is 3.57. The van der Waals surface area contributed by atoms with Crippen molar-refractivity contribution in [1.82, 2.24) is 9.88 Å². The maximum atomic E-state index is 12.4. The van der Waals surface area contributed by atoms with Crippen LogP contribution in [0.25, 0.3) is 0 Å². The topological polar surface area (TPSA) is 80.5 Å². The number of thiazole rings is 1. The molecule has 0 aromatic carbocycles. The summed E-state index contributed by atoms with van der Waals surface area (Å²) in [5.74, 6) is 0.281. The molecule has 1 saturated heterocycles. The van der Waals surface area contributed by atoms with E-state index in [2.05, 4.69) is 17.2 Å². The van der Waals surface area contributed by atoms with Crippen molar-refractivity contribution in [3.05, 3.63) is 4.88 Å². The Morgan fingerprint density at radius 2 is 2.37 bits per heavy atom. The Morgan fingerprint density at radius 3 is 3.16 bits per heavy atom. The van der Waals surface area contributed by atoms with Gasteiger partial charge in [0.05, 0.1) is 6.61 Å². The minimum absolute atomic E-state index is 0.0370. The molecule has 3 N–H and O–H groups in total. The van der Waals surface area contributed by atoms with E-state index >= 15 is 0 Å². The van der Waals surface area contributed by atoms with E-state index < -0.39 is 0 Å². The Hall–Kier alpha value is -1.34. The first-order valence-corrected chi connectivity index (χ1v) is 7.41. The second-order valence-electron chi connectivity index (χ2n) is 4.42. The molecule has 1 aliphatic rings. The van der Waals surface area contributed by atoms with E-state index in [1.807, 2.05) is 0 Å². The van der Waals surface area contributed by atoms with Gasteiger partial charge >= 0.3 is 0 Å². The molecule has 2 heterocycles. The molecule has 0 aliphatic carbocycles. The highest BCUT2D eigenvalue weighted by molar-refractivity contribution is 7.18. The number of hydrogen-bond donors (Lipinski definition) is 2. The SMILES string of the molecule is CCCNc1nc(N)c(C(=O)N2CCCOCC2)s1. The van der Waals surface area contributed by atoms with Crippen LogP contribution in [0.1, 0.15) is 29.4 Å². The van der Waals surface area contributed by atoms with Gasteiger partial charge in [-0.15, -0.1) is 0 Å². The number of amides is 1. The number of nitrogens with two attached hydrogens (primary N) is 1. The fourth-order valence-corrected chi connectivity index (χ4v) is 2.76. The number of carbonyl (C=O) groups is 1. The van der Waals surface area contributed by atoms with Crippen molar-refractivity contribution in [1.29, 1.82) is 0 Å². The molecule has 19 heavy (non-hydrogen) atoms. The second kappa shape index (κ2) is 6.72. The maximum absolute atomic E-state index is 12.4. The molecule has 2 rings (SSSR count). The van der Waals surface area contributed by atoms with Gasteiger partial charge in [0, 0.05) is 26.2 Å². The first-order valence-electron chi connectivity index (χ1n) is 6.59. The predicted octanol–water partition coefficient (Wildman–Crippen LogP) is 1.41. The van der Waals surface area contributed by atoms with Crippen molar-refractivity contribution in [3.8, 4) is 0 Å². The molecule has 1 aromatic rings. The fraction of sp³-hybridized carbons (Fsp3) is 0.667. The first-order chi connectivity index (χ1) is 9.22. The lowest BCUT2D eigenvalue weighted by atomic mass is 10.3. The highest BCUT2D eigenvalue weighted by Crippen LogP contribution is 2.26. The van der Waals surface area contributed by atoms with Crippen molar-refractivity contribution < 1.29 is 9.53 Å². The normalized spacial score (nSPS) is 16.2. The standard InChI is InChI=1S/C12H20N4O2S/c1-2-4-14-12-15-10(13)9(19-12)11(17)16-5-3-7-18-8-6-16/h2-8,13H2,1H3,(H,14,15). The molecule has 0 spiro atoms. The zero-order chi connectivity index (χ0) is 13.7. The number of rotatable bonds is 4. The minimum Gasteiger partial charge on any atom is -0.382 e. The molecular weight excluding hydrogens is 264 g/mol. The van der Waals surface area contributed by atoms with Gasteiger partial charge in [0.15, 0.2) is 5.13 Å². The van der Waals surface area contributed by atoms with Gasteiger partial charge in [-0.3, -0.25) is 4.79 Å². The van der Waals surface area contributed by atoms with Crippen LogP contribution in [-0.4, -0.2) is 48.6 Å². The van der Waals surface area contributed by atoms with E-state index in [-0.39, 0.29) is 5.91 Å². The van der Waals surface area contributed by atoms with Crippen LogP contribution in [0.2, 0.25) is 0 Å². The molecule has 0 saturated carbocycles. The van der Waals surface area contributed by atoms with E-state index in [0.29, 0.717) is 42.1 Å². The molecule has 106 valence electrons. The smallest absolute Gasteiger partial charge is 0.267 e. The molecule has 1 aromatic heterocycles. The van der Waals surface area contributed by atoms with Crippen molar-refractivity contribution in [3.63, 3.8) is 0 Å². The van der Waals surface area contributed by atoms with Gasteiger partial charge in [0.25, 0.3) is 5.91 Å². The van der Waals surface area contributed by atoms with Crippen molar-refractivity contribution in [2.24, 2.45) is 0 Å². The van der Waals surface area contributed by atoms with E-state index in [1.165, 1.54) is 11.3 Å². The maximum Gasteiger partial charge on any atom is 0.267 e. The lowest BCUT2D eigenvalue weighted by Gasteiger charge is -2.18. The summed E-state index contributed by atoms with van der Waals surface area (Å²) in [6.07, 6.45) is 1.87. The molecule has 0 radical (unpaired) electrons. The third-order valence-corrected chi connectivity index (χ3v) is 3.90. The summed E-state index contributed by atoms with van der Waals surface area (Å²) in [6, 6.07) is 0. The average Bonchev–Trinajstić information content (AvgIpc) is 2.64. The second-order valence-corrected chi connectivity index (χ2v) is 5.42. The van der Waals surface area contributed by atoms with Crippen molar-refractivity contribution in [2.45, 2.75) is 19.8 Å². The number of nitrogens with one attached hydrogen (secondary N) is 1. The number of nitrogens with zero attached hydrogens (tertiary/aromatic N) is 2. The molecule has 1 amide bonds. The summed E-state index contributed by atoms with van der Waals surface area (Å²) in [5, 5.41) is 3.87. The lowest BCUT2D eigenvalue weighted by molar-refractivity contribution is 0.0747. The van der Waals surface area contributed by atoms with Gasteiger partial charge in [0.1, 0.15) is 10.7 Å². The number of carbonyl (C=O) groups excluding carboxylic acids is 1. The van der Waals surface area contributed by atoms with Gasteiger partial charge in [-0.1, -0.05) is 18.3 Å². The minimum atomic E-state index is -0.0370. The number of hydrogen-bond acceptors (Lipinski definition) is 6. The quantitative estimate of drug-likeness (QED) is 0.874. The van der Waals surface area contributed by atoms with E-state index in [4.69, 9.17) is 10.5 Å². The zero-order valence-electron chi connectivity index (χ0n) is 11.1. The van der Waals surface area contributed by atoms with Crippen LogP contribution in [0.15, 0.2) is 0 Å². The van der Waals surface area contributed by atoms with Crippen LogP contribution < -0.4 is 11.1 Å². The van der Waals surface area contributed by atoms with Crippen LogP contribution in [0, 0.1) is 0 Å². The molecule has 0 atom stereocenters. The third-order valence-electron chi connectivity index (χ3n) is 2.88. The summed E-state index contributed by atoms with van der Waals surface area (Å²) in [7, 11) is 0. The first kappa shape index (κ1) is 14.1. The van der Waals surface area contributed by atoms with Gasteiger partial charge in [-0.25, -0.2) is 4.98 Å². The number of anilines is 2. The van der Waals surface area contributed by atoms with Gasteiger partial charge in [0.2, 0.25) is 0 Å². The highest BCUT2D eigenvalue weighted by atomic mass is 32.1. The summed E-state index contributed by atoms with van der Waals surface area (Å²) >= 11 is 1.33. The van der Waals surface area contributed by atoms with Crippen molar-refractivity contribution >= 4 is 28.2 Å².